The van der Waals surface area contributed by atoms with E-state index in [1.165, 1.54) is 6.20 Å². The number of nitrogens with zero attached hydrogens (tertiary/aromatic N) is 1. The number of benzene rings is 1. The SMILES string of the molecule is COc1ccc(NCc2ccc(C(=O)O)cn2)cc1C. The van der Waals surface area contributed by atoms with Crippen molar-refractivity contribution in [3.05, 3.63) is 53.3 Å². The molecule has 5 heteroatoms. The highest BCUT2D eigenvalue weighted by Gasteiger charge is 2.03. The number of carboxylic acid groups (broad SMARTS) is 1. The standard InChI is InChI=1S/C15H16N2O3/c1-10-7-12(5-6-14(10)20-2)17-9-13-4-3-11(8-16-13)15(18)19/h3-8,17H,9H2,1-2H3,(H,18,19). The molecule has 0 atom stereocenters. The number of nitrogens with one attached hydrogen (secondary N) is 1. The van der Waals surface area contributed by atoms with Crippen molar-refractivity contribution in [1.82, 2.24) is 4.98 Å². The first-order valence-electron chi connectivity index (χ1n) is 6.17. The number of carboxylic acids is 1. The van der Waals surface area contributed by atoms with E-state index in [1.807, 2.05) is 25.1 Å². The molecular weight excluding hydrogens is 256 g/mol. The number of methoxy groups -OCH3 is 1. The van der Waals surface area contributed by atoms with Crippen LogP contribution in [-0.2, 0) is 6.54 Å². The minimum Gasteiger partial charge on any atom is -0.496 e. The number of carbonyl (C=O) groups is 1. The summed E-state index contributed by atoms with van der Waals surface area (Å²) in [5, 5.41) is 12.0. The normalized spacial score (nSPS) is 10.1. The van der Waals surface area contributed by atoms with E-state index in [-0.39, 0.29) is 5.56 Å². The van der Waals surface area contributed by atoms with Crippen LogP contribution in [0.3, 0.4) is 0 Å². The Morgan fingerprint density at radius 2 is 2.15 bits per heavy atom. The third-order valence-corrected chi connectivity index (χ3v) is 2.94. The summed E-state index contributed by atoms with van der Waals surface area (Å²) in [5.41, 5.74) is 2.98. The Balaban J connectivity index is 2.01. The van der Waals surface area contributed by atoms with E-state index < -0.39 is 5.97 Å². The number of aromatic carboxylic acids is 1. The Morgan fingerprint density at radius 3 is 2.70 bits per heavy atom. The van der Waals surface area contributed by atoms with Crippen LogP contribution in [0.4, 0.5) is 5.69 Å². The minimum absolute atomic E-state index is 0.189. The lowest BCUT2D eigenvalue weighted by Crippen LogP contribution is -2.04. The molecule has 0 bridgehead atoms. The highest BCUT2D eigenvalue weighted by atomic mass is 16.5. The van der Waals surface area contributed by atoms with Crippen LogP contribution in [-0.4, -0.2) is 23.2 Å². The van der Waals surface area contributed by atoms with E-state index in [0.717, 1.165) is 22.7 Å². The maximum absolute atomic E-state index is 10.7. The lowest BCUT2D eigenvalue weighted by Gasteiger charge is -2.09. The van der Waals surface area contributed by atoms with Gasteiger partial charge in [0.05, 0.1) is 24.9 Å². The van der Waals surface area contributed by atoms with Gasteiger partial charge in [-0.1, -0.05) is 0 Å². The molecule has 1 aromatic carbocycles. The summed E-state index contributed by atoms with van der Waals surface area (Å²) < 4.78 is 5.20. The van der Waals surface area contributed by atoms with Crippen LogP contribution in [0.15, 0.2) is 36.5 Å². The summed E-state index contributed by atoms with van der Waals surface area (Å²) in [7, 11) is 1.64. The number of aromatic nitrogens is 1. The fraction of sp³-hybridized carbons (Fsp3) is 0.200. The van der Waals surface area contributed by atoms with Crippen molar-refractivity contribution >= 4 is 11.7 Å². The number of hydrogen-bond donors (Lipinski definition) is 2. The van der Waals surface area contributed by atoms with E-state index in [4.69, 9.17) is 9.84 Å². The van der Waals surface area contributed by atoms with Gasteiger partial charge in [-0.05, 0) is 42.8 Å². The molecule has 2 aromatic rings. The van der Waals surface area contributed by atoms with Gasteiger partial charge in [0, 0.05) is 11.9 Å². The quantitative estimate of drug-likeness (QED) is 0.875. The molecule has 0 spiro atoms. The van der Waals surface area contributed by atoms with Crippen molar-refractivity contribution in [3.8, 4) is 5.75 Å². The molecule has 0 aliphatic rings. The molecule has 0 radical (unpaired) electrons. The Bertz CT molecular complexity index is 609. The molecular formula is C15H16N2O3. The average Bonchev–Trinajstić information content (AvgIpc) is 2.45. The molecule has 5 nitrogen and oxygen atoms in total. The van der Waals surface area contributed by atoms with Gasteiger partial charge in [0.25, 0.3) is 0 Å². The number of ether oxygens (including phenoxy) is 1. The van der Waals surface area contributed by atoms with Gasteiger partial charge in [-0.25, -0.2) is 4.79 Å². The van der Waals surface area contributed by atoms with Crippen molar-refractivity contribution in [2.45, 2.75) is 13.5 Å². The van der Waals surface area contributed by atoms with Gasteiger partial charge in [-0.3, -0.25) is 4.98 Å². The zero-order chi connectivity index (χ0) is 14.5. The van der Waals surface area contributed by atoms with Gasteiger partial charge < -0.3 is 15.2 Å². The Labute approximate surface area is 117 Å². The van der Waals surface area contributed by atoms with Crippen LogP contribution in [0.1, 0.15) is 21.6 Å². The zero-order valence-electron chi connectivity index (χ0n) is 11.4. The molecule has 104 valence electrons. The molecule has 1 heterocycles. The third-order valence-electron chi connectivity index (χ3n) is 2.94. The highest BCUT2D eigenvalue weighted by molar-refractivity contribution is 5.87. The van der Waals surface area contributed by atoms with Gasteiger partial charge in [-0.15, -0.1) is 0 Å². The Kier molecular flexibility index (Phi) is 4.20. The van der Waals surface area contributed by atoms with Crippen molar-refractivity contribution < 1.29 is 14.6 Å². The van der Waals surface area contributed by atoms with E-state index in [2.05, 4.69) is 10.3 Å². The monoisotopic (exact) mass is 272 g/mol. The van der Waals surface area contributed by atoms with Crippen molar-refractivity contribution in [2.75, 3.05) is 12.4 Å². The second-order valence-corrected chi connectivity index (χ2v) is 4.38. The van der Waals surface area contributed by atoms with Crippen LogP contribution >= 0.6 is 0 Å². The maximum Gasteiger partial charge on any atom is 0.337 e. The summed E-state index contributed by atoms with van der Waals surface area (Å²) in [5.74, 6) is -0.123. The Hall–Kier alpha value is -2.56. The predicted molar refractivity (Wildman–Crippen MR) is 76.3 cm³/mol. The summed E-state index contributed by atoms with van der Waals surface area (Å²) in [4.78, 5) is 14.8. The average molecular weight is 272 g/mol. The molecule has 0 unspecified atom stereocenters. The lowest BCUT2D eigenvalue weighted by molar-refractivity contribution is 0.0696. The van der Waals surface area contributed by atoms with Crippen molar-refractivity contribution in [1.29, 1.82) is 0 Å². The van der Waals surface area contributed by atoms with Gasteiger partial charge in [-0.2, -0.15) is 0 Å². The first-order chi connectivity index (χ1) is 9.60. The number of anilines is 1. The first-order valence-corrected chi connectivity index (χ1v) is 6.17. The number of pyridine rings is 1. The van der Waals surface area contributed by atoms with Crippen molar-refractivity contribution in [2.24, 2.45) is 0 Å². The van der Waals surface area contributed by atoms with Crippen LogP contribution < -0.4 is 10.1 Å². The summed E-state index contributed by atoms with van der Waals surface area (Å²) in [6, 6.07) is 9.07. The lowest BCUT2D eigenvalue weighted by atomic mass is 10.2. The van der Waals surface area contributed by atoms with Gasteiger partial charge in [0.15, 0.2) is 0 Å². The van der Waals surface area contributed by atoms with Crippen LogP contribution in [0.25, 0.3) is 0 Å². The number of aryl methyl sites for hydroxylation is 1. The molecule has 0 saturated carbocycles. The van der Waals surface area contributed by atoms with Crippen LogP contribution in [0.2, 0.25) is 0 Å². The molecule has 0 amide bonds. The zero-order valence-corrected chi connectivity index (χ0v) is 11.4. The second kappa shape index (κ2) is 6.06. The number of hydrogen-bond acceptors (Lipinski definition) is 4. The summed E-state index contributed by atoms with van der Waals surface area (Å²) >= 11 is 0. The maximum atomic E-state index is 10.7. The molecule has 2 rings (SSSR count). The summed E-state index contributed by atoms with van der Waals surface area (Å²) in [6.45, 7) is 2.51. The molecule has 0 aliphatic carbocycles. The predicted octanol–water partition coefficient (Wildman–Crippen LogP) is 2.71. The van der Waals surface area contributed by atoms with E-state index in [0.29, 0.717) is 6.54 Å². The smallest absolute Gasteiger partial charge is 0.337 e. The molecule has 0 saturated heterocycles. The third kappa shape index (κ3) is 3.26. The molecule has 0 fully saturated rings. The molecule has 2 N–H and O–H groups in total. The summed E-state index contributed by atoms with van der Waals surface area (Å²) in [6.07, 6.45) is 1.36. The van der Waals surface area contributed by atoms with Crippen LogP contribution in [0, 0.1) is 6.92 Å². The molecule has 0 aliphatic heterocycles. The van der Waals surface area contributed by atoms with Gasteiger partial charge >= 0.3 is 5.97 Å². The largest absolute Gasteiger partial charge is 0.496 e. The van der Waals surface area contributed by atoms with Crippen molar-refractivity contribution in [3.63, 3.8) is 0 Å². The van der Waals surface area contributed by atoms with Gasteiger partial charge in [0.2, 0.25) is 0 Å². The number of rotatable bonds is 5. The highest BCUT2D eigenvalue weighted by Crippen LogP contribution is 2.21. The van der Waals surface area contributed by atoms with Crippen LogP contribution in [0.5, 0.6) is 5.75 Å². The minimum atomic E-state index is -0.970. The second-order valence-electron chi connectivity index (χ2n) is 4.38. The first kappa shape index (κ1) is 13.9. The molecule has 1 aromatic heterocycles. The van der Waals surface area contributed by atoms with E-state index >= 15 is 0 Å². The van der Waals surface area contributed by atoms with Gasteiger partial charge in [0.1, 0.15) is 5.75 Å². The Morgan fingerprint density at radius 1 is 1.35 bits per heavy atom. The fourth-order valence-electron chi connectivity index (χ4n) is 1.84. The topological polar surface area (TPSA) is 71.5 Å². The molecule has 20 heavy (non-hydrogen) atoms. The van der Waals surface area contributed by atoms with E-state index in [1.54, 1.807) is 19.2 Å². The van der Waals surface area contributed by atoms with E-state index in [9.17, 15) is 4.79 Å². The fourth-order valence-corrected chi connectivity index (χ4v) is 1.84.